The van der Waals surface area contributed by atoms with E-state index in [0.717, 1.165) is 61.5 Å². The van der Waals surface area contributed by atoms with E-state index in [4.69, 9.17) is 9.47 Å². The summed E-state index contributed by atoms with van der Waals surface area (Å²) in [5.74, 6) is 0.516. The van der Waals surface area contributed by atoms with Crippen LogP contribution in [0.4, 0.5) is 0 Å². The molecule has 176 valence electrons. The second-order valence-corrected chi connectivity index (χ2v) is 8.78. The van der Waals surface area contributed by atoms with Gasteiger partial charge in [-0.2, -0.15) is 0 Å². The van der Waals surface area contributed by atoms with E-state index in [9.17, 15) is 4.79 Å². The van der Waals surface area contributed by atoms with Crippen molar-refractivity contribution in [2.75, 3.05) is 53.0 Å². The molecule has 1 aliphatic heterocycles. The summed E-state index contributed by atoms with van der Waals surface area (Å²) in [7, 11) is 2.18. The highest BCUT2D eigenvalue weighted by Crippen LogP contribution is 2.31. The van der Waals surface area contributed by atoms with E-state index in [-0.39, 0.29) is 5.97 Å². The normalized spacial score (nSPS) is 15.1. The van der Waals surface area contributed by atoms with E-state index in [2.05, 4.69) is 39.6 Å². The minimum absolute atomic E-state index is 0.279. The van der Waals surface area contributed by atoms with E-state index in [1.807, 2.05) is 44.2 Å². The molecule has 1 saturated heterocycles. The van der Waals surface area contributed by atoms with Crippen LogP contribution in [0.2, 0.25) is 0 Å². The van der Waals surface area contributed by atoms with Crippen LogP contribution >= 0.6 is 0 Å². The number of esters is 1. The number of hydrogen-bond donors (Lipinski definition) is 0. The lowest BCUT2D eigenvalue weighted by Gasteiger charge is -2.32. The zero-order valence-corrected chi connectivity index (χ0v) is 20.0. The summed E-state index contributed by atoms with van der Waals surface area (Å²) in [6, 6.07) is 16.4. The molecule has 6 heteroatoms. The standard InChI is InChI=1S/C27H35N3O3/c1-4-32-27(31)26-21(2)30(20-22-9-6-5-7-10-22)25-12-11-23(19-24(25)26)33-18-8-13-29-16-14-28(3)15-17-29/h5-7,9-12,19H,4,8,13-18,20H2,1-3H3. The third-order valence-electron chi connectivity index (χ3n) is 6.44. The molecule has 0 amide bonds. The molecule has 0 aliphatic carbocycles. The fourth-order valence-electron chi connectivity index (χ4n) is 4.53. The van der Waals surface area contributed by atoms with Crippen molar-refractivity contribution >= 4 is 16.9 Å². The number of likely N-dealkylation sites (N-methyl/N-ethyl adjacent to an activating group) is 1. The molecule has 0 saturated carbocycles. The highest BCUT2D eigenvalue weighted by Gasteiger charge is 2.22. The Kier molecular flexibility index (Phi) is 7.68. The van der Waals surface area contributed by atoms with Gasteiger partial charge in [0.15, 0.2) is 0 Å². The zero-order valence-electron chi connectivity index (χ0n) is 20.0. The first-order chi connectivity index (χ1) is 16.1. The van der Waals surface area contributed by atoms with E-state index in [1.165, 1.54) is 5.56 Å². The summed E-state index contributed by atoms with van der Waals surface area (Å²) >= 11 is 0. The van der Waals surface area contributed by atoms with Crippen LogP contribution in [-0.4, -0.2) is 73.3 Å². The van der Waals surface area contributed by atoms with Crippen molar-refractivity contribution in [3.05, 3.63) is 65.4 Å². The third kappa shape index (κ3) is 5.57. The minimum atomic E-state index is -0.279. The minimum Gasteiger partial charge on any atom is -0.494 e. The van der Waals surface area contributed by atoms with E-state index < -0.39 is 0 Å². The Bertz CT molecular complexity index is 1070. The molecular weight excluding hydrogens is 414 g/mol. The van der Waals surface area contributed by atoms with Gasteiger partial charge in [-0.15, -0.1) is 0 Å². The quantitative estimate of drug-likeness (QED) is 0.362. The highest BCUT2D eigenvalue weighted by molar-refractivity contribution is 6.06. The number of ether oxygens (including phenoxy) is 2. The Balaban J connectivity index is 1.51. The van der Waals surface area contributed by atoms with Crippen molar-refractivity contribution in [1.29, 1.82) is 0 Å². The molecule has 4 rings (SSSR count). The molecule has 2 heterocycles. The molecule has 2 aromatic carbocycles. The van der Waals surface area contributed by atoms with Crippen molar-refractivity contribution in [3.8, 4) is 5.75 Å². The maximum Gasteiger partial charge on any atom is 0.340 e. The van der Waals surface area contributed by atoms with Crippen LogP contribution in [0.3, 0.4) is 0 Å². The monoisotopic (exact) mass is 449 g/mol. The molecule has 1 aromatic heterocycles. The Morgan fingerprint density at radius 3 is 2.52 bits per heavy atom. The number of nitrogens with zero attached hydrogens (tertiary/aromatic N) is 3. The zero-order chi connectivity index (χ0) is 23.2. The van der Waals surface area contributed by atoms with Crippen LogP contribution in [-0.2, 0) is 11.3 Å². The lowest BCUT2D eigenvalue weighted by Crippen LogP contribution is -2.44. The van der Waals surface area contributed by atoms with Crippen LogP contribution < -0.4 is 4.74 Å². The number of rotatable bonds is 9. The van der Waals surface area contributed by atoms with Gasteiger partial charge < -0.3 is 23.8 Å². The number of piperazine rings is 1. The maximum atomic E-state index is 12.8. The molecule has 0 atom stereocenters. The van der Waals surface area contributed by atoms with Crippen molar-refractivity contribution in [1.82, 2.24) is 14.4 Å². The first-order valence-electron chi connectivity index (χ1n) is 11.9. The Morgan fingerprint density at radius 2 is 1.79 bits per heavy atom. The highest BCUT2D eigenvalue weighted by atomic mass is 16.5. The van der Waals surface area contributed by atoms with Crippen LogP contribution in [0.15, 0.2) is 48.5 Å². The molecule has 1 aliphatic rings. The Morgan fingerprint density at radius 1 is 1.03 bits per heavy atom. The van der Waals surface area contributed by atoms with Crippen molar-refractivity contribution in [2.24, 2.45) is 0 Å². The van der Waals surface area contributed by atoms with Crippen molar-refractivity contribution in [3.63, 3.8) is 0 Å². The summed E-state index contributed by atoms with van der Waals surface area (Å²) in [6.07, 6.45) is 0.987. The number of carbonyl (C=O) groups excluding carboxylic acids is 1. The summed E-state index contributed by atoms with van der Waals surface area (Å²) < 4.78 is 13.7. The number of carbonyl (C=O) groups is 1. The van der Waals surface area contributed by atoms with Gasteiger partial charge in [0, 0.05) is 55.9 Å². The molecular formula is C27H35N3O3. The van der Waals surface area contributed by atoms with Gasteiger partial charge in [-0.1, -0.05) is 30.3 Å². The number of aromatic nitrogens is 1. The van der Waals surface area contributed by atoms with E-state index in [1.54, 1.807) is 0 Å². The number of fused-ring (bicyclic) bond motifs is 1. The molecule has 0 unspecified atom stereocenters. The van der Waals surface area contributed by atoms with Crippen LogP contribution in [0.25, 0.3) is 10.9 Å². The SMILES string of the molecule is CCOC(=O)c1c(C)n(Cc2ccccc2)c2ccc(OCCCN3CCN(C)CC3)cc12. The fourth-order valence-corrected chi connectivity index (χ4v) is 4.53. The van der Waals surface area contributed by atoms with Gasteiger partial charge in [0.2, 0.25) is 0 Å². The molecule has 3 aromatic rings. The summed E-state index contributed by atoms with van der Waals surface area (Å²) in [6.45, 7) is 11.1. The second kappa shape index (κ2) is 10.9. The van der Waals surface area contributed by atoms with Gasteiger partial charge in [0.1, 0.15) is 5.75 Å². The van der Waals surface area contributed by atoms with Gasteiger partial charge in [-0.05, 0) is 51.1 Å². The van der Waals surface area contributed by atoms with Gasteiger partial charge in [0.05, 0.1) is 18.8 Å². The Labute approximate surface area is 196 Å². The van der Waals surface area contributed by atoms with E-state index in [0.29, 0.717) is 25.3 Å². The molecule has 6 nitrogen and oxygen atoms in total. The van der Waals surface area contributed by atoms with Gasteiger partial charge in [-0.25, -0.2) is 4.79 Å². The van der Waals surface area contributed by atoms with Crippen LogP contribution in [0.5, 0.6) is 5.75 Å². The predicted molar refractivity (Wildman–Crippen MR) is 132 cm³/mol. The number of benzene rings is 2. The van der Waals surface area contributed by atoms with E-state index >= 15 is 0 Å². The molecule has 0 radical (unpaired) electrons. The topological polar surface area (TPSA) is 46.9 Å². The van der Waals surface area contributed by atoms with Gasteiger partial charge in [-0.3, -0.25) is 0 Å². The number of hydrogen-bond acceptors (Lipinski definition) is 5. The lowest BCUT2D eigenvalue weighted by atomic mass is 10.1. The van der Waals surface area contributed by atoms with Crippen molar-refractivity contribution in [2.45, 2.75) is 26.8 Å². The Hall–Kier alpha value is -2.83. The summed E-state index contributed by atoms with van der Waals surface area (Å²) in [5, 5.41) is 0.887. The smallest absolute Gasteiger partial charge is 0.340 e. The maximum absolute atomic E-state index is 12.8. The largest absolute Gasteiger partial charge is 0.494 e. The first kappa shape index (κ1) is 23.3. The fraction of sp³-hybridized carbons (Fsp3) is 0.444. The molecule has 33 heavy (non-hydrogen) atoms. The molecule has 1 fully saturated rings. The second-order valence-electron chi connectivity index (χ2n) is 8.78. The molecule has 0 N–H and O–H groups in total. The lowest BCUT2D eigenvalue weighted by molar-refractivity contribution is 0.0527. The molecule has 0 bridgehead atoms. The first-order valence-corrected chi connectivity index (χ1v) is 11.9. The van der Waals surface area contributed by atoms with Crippen LogP contribution in [0, 0.1) is 6.92 Å². The third-order valence-corrected chi connectivity index (χ3v) is 6.44. The summed E-state index contributed by atoms with van der Waals surface area (Å²) in [5.41, 5.74) is 3.76. The average molecular weight is 450 g/mol. The summed E-state index contributed by atoms with van der Waals surface area (Å²) in [4.78, 5) is 17.7. The average Bonchev–Trinajstić information content (AvgIpc) is 3.09. The van der Waals surface area contributed by atoms with Crippen LogP contribution in [0.1, 0.15) is 35.0 Å². The molecule has 0 spiro atoms. The predicted octanol–water partition coefficient (Wildman–Crippen LogP) is 4.19. The van der Waals surface area contributed by atoms with Crippen molar-refractivity contribution < 1.29 is 14.3 Å². The van der Waals surface area contributed by atoms with Gasteiger partial charge in [0.25, 0.3) is 0 Å². The van der Waals surface area contributed by atoms with Gasteiger partial charge >= 0.3 is 5.97 Å².